The van der Waals surface area contributed by atoms with Crippen molar-refractivity contribution < 1.29 is 14.7 Å². The number of hydrogen-bond acceptors (Lipinski definition) is 2. The molecule has 0 saturated heterocycles. The molecule has 5 heteroatoms. The lowest BCUT2D eigenvalue weighted by Crippen LogP contribution is -2.41. The van der Waals surface area contributed by atoms with Crippen molar-refractivity contribution in [1.29, 1.82) is 0 Å². The fourth-order valence-electron chi connectivity index (χ4n) is 1.43. The highest BCUT2D eigenvalue weighted by atomic mass is 35.5. The molecular formula is C13H14ClNO3. The second-order valence-corrected chi connectivity index (χ2v) is 4.41. The number of amides is 1. The molecule has 0 saturated carbocycles. The standard InChI is InChI=1S/C13H14ClNO3/c1-8(2)7-11(13(17)18)15-12(16)9-5-3-4-6-10(9)14/h3-6,11H,1,7H2,2H3,(H,15,16)(H,17,18)/t11-/m1/s1. The predicted molar refractivity (Wildman–Crippen MR) is 69.8 cm³/mol. The lowest BCUT2D eigenvalue weighted by atomic mass is 10.1. The van der Waals surface area contributed by atoms with E-state index >= 15 is 0 Å². The molecule has 0 aliphatic carbocycles. The molecule has 2 N–H and O–H groups in total. The van der Waals surface area contributed by atoms with Crippen LogP contribution >= 0.6 is 11.6 Å². The lowest BCUT2D eigenvalue weighted by molar-refractivity contribution is -0.139. The molecule has 0 aliphatic rings. The first-order chi connectivity index (χ1) is 8.41. The van der Waals surface area contributed by atoms with Crippen molar-refractivity contribution in [2.75, 3.05) is 0 Å². The highest BCUT2D eigenvalue weighted by molar-refractivity contribution is 6.33. The number of carboxylic acids is 1. The molecule has 0 spiro atoms. The molecule has 4 nitrogen and oxygen atoms in total. The van der Waals surface area contributed by atoms with Gasteiger partial charge in [0.05, 0.1) is 10.6 Å². The maximum Gasteiger partial charge on any atom is 0.326 e. The second-order valence-electron chi connectivity index (χ2n) is 4.01. The first-order valence-electron chi connectivity index (χ1n) is 5.34. The highest BCUT2D eigenvalue weighted by Crippen LogP contribution is 2.15. The zero-order chi connectivity index (χ0) is 13.7. The molecule has 0 unspecified atom stereocenters. The van der Waals surface area contributed by atoms with Crippen molar-refractivity contribution in [1.82, 2.24) is 5.32 Å². The summed E-state index contributed by atoms with van der Waals surface area (Å²) in [5.41, 5.74) is 0.939. The Morgan fingerprint density at radius 3 is 2.56 bits per heavy atom. The molecule has 0 aromatic heterocycles. The fraction of sp³-hybridized carbons (Fsp3) is 0.231. The van der Waals surface area contributed by atoms with Gasteiger partial charge in [-0.3, -0.25) is 4.79 Å². The van der Waals surface area contributed by atoms with E-state index in [0.717, 1.165) is 0 Å². The topological polar surface area (TPSA) is 66.4 Å². The van der Waals surface area contributed by atoms with Crippen molar-refractivity contribution >= 4 is 23.5 Å². The summed E-state index contributed by atoms with van der Waals surface area (Å²) in [6.07, 6.45) is 0.186. The van der Waals surface area contributed by atoms with E-state index in [0.29, 0.717) is 5.57 Å². The van der Waals surface area contributed by atoms with Crippen LogP contribution in [0.15, 0.2) is 36.4 Å². The van der Waals surface area contributed by atoms with Crippen molar-refractivity contribution in [2.45, 2.75) is 19.4 Å². The van der Waals surface area contributed by atoms with E-state index in [-0.39, 0.29) is 17.0 Å². The maximum absolute atomic E-state index is 11.9. The first kappa shape index (κ1) is 14.3. The molecular weight excluding hydrogens is 254 g/mol. The van der Waals surface area contributed by atoms with Crippen LogP contribution in [0.3, 0.4) is 0 Å². The molecule has 1 rings (SSSR count). The molecule has 1 amide bonds. The number of carbonyl (C=O) groups is 2. The van der Waals surface area contributed by atoms with E-state index in [4.69, 9.17) is 16.7 Å². The van der Waals surface area contributed by atoms with Gasteiger partial charge in [-0.25, -0.2) is 4.79 Å². The summed E-state index contributed by atoms with van der Waals surface area (Å²) in [6.45, 7) is 5.34. The average Bonchev–Trinajstić information content (AvgIpc) is 2.27. The molecule has 1 aromatic carbocycles. The maximum atomic E-state index is 11.9. The van der Waals surface area contributed by atoms with Gasteiger partial charge in [-0.2, -0.15) is 0 Å². The van der Waals surface area contributed by atoms with E-state index < -0.39 is 17.9 Å². The van der Waals surface area contributed by atoms with Gasteiger partial charge in [0.25, 0.3) is 5.91 Å². The Morgan fingerprint density at radius 1 is 1.44 bits per heavy atom. The van der Waals surface area contributed by atoms with Gasteiger partial charge in [-0.15, -0.1) is 6.58 Å². The largest absolute Gasteiger partial charge is 0.480 e. The van der Waals surface area contributed by atoms with Gasteiger partial charge in [-0.05, 0) is 25.5 Å². The van der Waals surface area contributed by atoms with E-state index in [1.165, 1.54) is 6.07 Å². The Kier molecular flexibility index (Phi) is 4.92. The molecule has 0 radical (unpaired) electrons. The van der Waals surface area contributed by atoms with Crippen LogP contribution in [0.1, 0.15) is 23.7 Å². The number of nitrogens with one attached hydrogen (secondary N) is 1. The molecule has 0 bridgehead atoms. The third-order valence-corrected chi connectivity index (χ3v) is 2.60. The Hall–Kier alpha value is -1.81. The van der Waals surface area contributed by atoms with E-state index in [1.54, 1.807) is 25.1 Å². The monoisotopic (exact) mass is 267 g/mol. The van der Waals surface area contributed by atoms with Crippen LogP contribution in [0.2, 0.25) is 5.02 Å². The van der Waals surface area contributed by atoms with Gasteiger partial charge < -0.3 is 10.4 Å². The summed E-state index contributed by atoms with van der Waals surface area (Å²) in [5, 5.41) is 11.7. The third kappa shape index (κ3) is 3.89. The Morgan fingerprint density at radius 2 is 2.06 bits per heavy atom. The quantitative estimate of drug-likeness (QED) is 0.806. The minimum absolute atomic E-state index is 0.186. The first-order valence-corrected chi connectivity index (χ1v) is 5.72. The van der Waals surface area contributed by atoms with Crippen LogP contribution in [0, 0.1) is 0 Å². The van der Waals surface area contributed by atoms with E-state index in [2.05, 4.69) is 11.9 Å². The minimum Gasteiger partial charge on any atom is -0.480 e. The number of benzene rings is 1. The van der Waals surface area contributed by atoms with Gasteiger partial charge in [-0.1, -0.05) is 29.3 Å². The van der Waals surface area contributed by atoms with Crippen molar-refractivity contribution in [3.8, 4) is 0 Å². The van der Waals surface area contributed by atoms with E-state index in [1.807, 2.05) is 0 Å². The SMILES string of the molecule is C=C(C)C[C@@H](NC(=O)c1ccccc1Cl)C(=O)O. The fourth-order valence-corrected chi connectivity index (χ4v) is 1.65. The number of aliphatic carboxylic acids is 1. The number of halogens is 1. The second kappa shape index (κ2) is 6.21. The Balaban J connectivity index is 2.82. The van der Waals surface area contributed by atoms with Crippen molar-refractivity contribution in [3.05, 3.63) is 47.0 Å². The van der Waals surface area contributed by atoms with Gasteiger partial charge in [0.15, 0.2) is 0 Å². The summed E-state index contributed by atoms with van der Waals surface area (Å²) in [4.78, 5) is 22.9. The number of carboxylic acid groups (broad SMARTS) is 1. The zero-order valence-electron chi connectivity index (χ0n) is 9.94. The summed E-state index contributed by atoms with van der Waals surface area (Å²) >= 11 is 5.86. The lowest BCUT2D eigenvalue weighted by Gasteiger charge is -2.14. The predicted octanol–water partition coefficient (Wildman–Crippen LogP) is 2.49. The van der Waals surface area contributed by atoms with Crippen molar-refractivity contribution in [2.24, 2.45) is 0 Å². The third-order valence-electron chi connectivity index (χ3n) is 2.27. The Labute approximate surface area is 110 Å². The van der Waals surface area contributed by atoms with Crippen LogP contribution in [-0.2, 0) is 4.79 Å². The molecule has 96 valence electrons. The van der Waals surface area contributed by atoms with Gasteiger partial charge >= 0.3 is 5.97 Å². The minimum atomic E-state index is -1.10. The smallest absolute Gasteiger partial charge is 0.326 e. The highest BCUT2D eigenvalue weighted by Gasteiger charge is 2.21. The van der Waals surface area contributed by atoms with Gasteiger partial charge in [0.2, 0.25) is 0 Å². The van der Waals surface area contributed by atoms with Crippen LogP contribution in [0.25, 0.3) is 0 Å². The summed E-state index contributed by atoms with van der Waals surface area (Å²) in [7, 11) is 0. The number of hydrogen-bond donors (Lipinski definition) is 2. The summed E-state index contributed by atoms with van der Waals surface area (Å²) in [6, 6.07) is 5.48. The van der Waals surface area contributed by atoms with Gasteiger partial charge in [0, 0.05) is 0 Å². The molecule has 1 aromatic rings. The normalized spacial score (nSPS) is 11.7. The Bertz CT molecular complexity index is 485. The van der Waals surface area contributed by atoms with Crippen molar-refractivity contribution in [3.63, 3.8) is 0 Å². The summed E-state index contributed by atoms with van der Waals surface area (Å²) in [5.74, 6) is -1.60. The van der Waals surface area contributed by atoms with Gasteiger partial charge in [0.1, 0.15) is 6.04 Å². The molecule has 1 atom stereocenters. The average molecular weight is 268 g/mol. The van der Waals surface area contributed by atoms with Crippen LogP contribution < -0.4 is 5.32 Å². The van der Waals surface area contributed by atoms with Crippen LogP contribution in [-0.4, -0.2) is 23.0 Å². The zero-order valence-corrected chi connectivity index (χ0v) is 10.7. The van der Waals surface area contributed by atoms with Crippen LogP contribution in [0.4, 0.5) is 0 Å². The molecule has 18 heavy (non-hydrogen) atoms. The van der Waals surface area contributed by atoms with E-state index in [9.17, 15) is 9.59 Å². The summed E-state index contributed by atoms with van der Waals surface area (Å²) < 4.78 is 0. The van der Waals surface area contributed by atoms with Crippen LogP contribution in [0.5, 0.6) is 0 Å². The number of carbonyl (C=O) groups excluding carboxylic acids is 1. The molecule has 0 fully saturated rings. The molecule has 0 heterocycles. The number of rotatable bonds is 5. The molecule has 0 aliphatic heterocycles.